The summed E-state index contributed by atoms with van der Waals surface area (Å²) in [6, 6.07) is 20.1. The molecule has 3 aromatic rings. The second kappa shape index (κ2) is 14.6. The van der Waals surface area contributed by atoms with Gasteiger partial charge in [0.25, 0.3) is 0 Å². The molecule has 0 aliphatic rings. The van der Waals surface area contributed by atoms with Crippen molar-refractivity contribution in [1.29, 1.82) is 0 Å². The monoisotopic (exact) mass is 530 g/mol. The van der Waals surface area contributed by atoms with Crippen LogP contribution in [0.1, 0.15) is 71.4 Å². The molecule has 3 rings (SSSR count). The van der Waals surface area contributed by atoms with Crippen LogP contribution in [0, 0.1) is 0 Å². The van der Waals surface area contributed by atoms with Crippen molar-refractivity contribution < 1.29 is 34.1 Å². The van der Waals surface area contributed by atoms with Gasteiger partial charge in [0.1, 0.15) is 18.5 Å². The fourth-order valence-corrected chi connectivity index (χ4v) is 4.22. The number of Topliss-reactive ketones (excluding diaryl/α,β-unsaturated/α-hetero) is 1. The molecule has 3 aromatic carbocycles. The van der Waals surface area contributed by atoms with Crippen LogP contribution in [0.4, 0.5) is 0 Å². The minimum atomic E-state index is -1.10. The van der Waals surface area contributed by atoms with Crippen LogP contribution in [0.5, 0.6) is 5.75 Å². The number of esters is 1. The van der Waals surface area contributed by atoms with Gasteiger partial charge in [-0.05, 0) is 65.8 Å². The Morgan fingerprint density at radius 2 is 1.56 bits per heavy atom. The molecule has 7 nitrogen and oxygen atoms in total. The number of ketones is 1. The number of ether oxygens (including phenoxy) is 2. The predicted octanol–water partition coefficient (Wildman–Crippen LogP) is 6.42. The summed E-state index contributed by atoms with van der Waals surface area (Å²) in [4.78, 5) is 38.1. The molecule has 39 heavy (non-hydrogen) atoms. The zero-order valence-electron chi connectivity index (χ0n) is 22.1. The van der Waals surface area contributed by atoms with Crippen LogP contribution in [0.15, 0.2) is 84.9 Å². The van der Waals surface area contributed by atoms with Gasteiger partial charge in [-0.3, -0.25) is 4.79 Å². The Bertz CT molecular complexity index is 1310. The minimum Gasteiger partial charge on any atom is -0.491 e. The van der Waals surface area contributed by atoms with E-state index in [0.29, 0.717) is 34.4 Å². The summed E-state index contributed by atoms with van der Waals surface area (Å²) in [5, 5.41) is 18.8. The summed E-state index contributed by atoms with van der Waals surface area (Å²) >= 11 is 0. The fraction of sp³-hybridized carbons (Fsp3) is 0.281. The van der Waals surface area contributed by atoms with Crippen LogP contribution in [-0.2, 0) is 9.53 Å². The molecule has 2 N–H and O–H groups in total. The van der Waals surface area contributed by atoms with Crippen molar-refractivity contribution >= 4 is 17.7 Å². The highest BCUT2D eigenvalue weighted by Crippen LogP contribution is 2.32. The van der Waals surface area contributed by atoms with Crippen molar-refractivity contribution in [3.05, 3.63) is 102 Å². The van der Waals surface area contributed by atoms with E-state index in [-0.39, 0.29) is 43.0 Å². The van der Waals surface area contributed by atoms with Crippen molar-refractivity contribution in [2.45, 2.75) is 45.1 Å². The lowest BCUT2D eigenvalue weighted by molar-refractivity contribution is -0.116. The average Bonchev–Trinajstić information content (AvgIpc) is 2.96. The summed E-state index contributed by atoms with van der Waals surface area (Å²) in [6.07, 6.45) is 2.06. The highest BCUT2D eigenvalue weighted by Gasteiger charge is 2.24. The molecule has 204 valence electrons. The van der Waals surface area contributed by atoms with E-state index in [0.717, 1.165) is 12.8 Å². The number of carbonyl (C=O) groups is 3. The van der Waals surface area contributed by atoms with Crippen LogP contribution in [0.2, 0.25) is 0 Å². The SMILES string of the molecule is C=C(CCCC)C(=O)CC[C@@H](OC(=O)c1ccccc1-c1ccccc1C(=O)O)c1cccc(OCCO)c1. The summed E-state index contributed by atoms with van der Waals surface area (Å²) in [7, 11) is 0. The first-order valence-corrected chi connectivity index (χ1v) is 13.0. The first-order valence-electron chi connectivity index (χ1n) is 13.0. The number of aliphatic hydroxyl groups is 1. The molecule has 0 saturated carbocycles. The maximum absolute atomic E-state index is 13.5. The Morgan fingerprint density at radius 3 is 2.23 bits per heavy atom. The summed E-state index contributed by atoms with van der Waals surface area (Å²) < 4.78 is 11.5. The largest absolute Gasteiger partial charge is 0.491 e. The number of benzene rings is 3. The highest BCUT2D eigenvalue weighted by molar-refractivity contribution is 6.02. The van der Waals surface area contributed by atoms with Gasteiger partial charge < -0.3 is 19.7 Å². The molecule has 0 saturated heterocycles. The van der Waals surface area contributed by atoms with Gasteiger partial charge in [0, 0.05) is 6.42 Å². The van der Waals surface area contributed by atoms with E-state index < -0.39 is 18.0 Å². The molecule has 0 spiro atoms. The zero-order chi connectivity index (χ0) is 28.2. The van der Waals surface area contributed by atoms with Gasteiger partial charge in [0.05, 0.1) is 17.7 Å². The van der Waals surface area contributed by atoms with Gasteiger partial charge >= 0.3 is 11.9 Å². The molecule has 0 aromatic heterocycles. The standard InChI is InChI=1S/C32H34O7/c1-3-4-10-22(2)29(34)17-18-30(23-11-9-12-24(21-23)38-20-19-33)39-32(37)28-16-8-6-14-26(28)25-13-5-7-15-27(25)31(35)36/h5-9,11-16,21,30,33H,2-4,10,17-20H2,1H3,(H,35,36)/t30-/m1/s1. The Labute approximate surface area is 228 Å². The number of unbranched alkanes of at least 4 members (excludes halogenated alkanes) is 1. The third-order valence-electron chi connectivity index (χ3n) is 6.29. The smallest absolute Gasteiger partial charge is 0.339 e. The van der Waals surface area contributed by atoms with Crippen molar-refractivity contribution in [2.24, 2.45) is 0 Å². The van der Waals surface area contributed by atoms with E-state index >= 15 is 0 Å². The van der Waals surface area contributed by atoms with Gasteiger partial charge in [-0.15, -0.1) is 0 Å². The van der Waals surface area contributed by atoms with E-state index in [1.807, 2.05) is 6.92 Å². The number of carboxylic acid groups (broad SMARTS) is 1. The molecule has 1 atom stereocenters. The van der Waals surface area contributed by atoms with Crippen LogP contribution >= 0.6 is 0 Å². The second-order valence-corrected chi connectivity index (χ2v) is 9.10. The van der Waals surface area contributed by atoms with Crippen molar-refractivity contribution in [3.8, 4) is 16.9 Å². The molecule has 0 aliphatic heterocycles. The molecular formula is C32H34O7. The van der Waals surface area contributed by atoms with Gasteiger partial charge in [-0.2, -0.15) is 0 Å². The molecular weight excluding hydrogens is 496 g/mol. The van der Waals surface area contributed by atoms with Crippen LogP contribution in [0.3, 0.4) is 0 Å². The Kier molecular flexibility index (Phi) is 11.0. The lowest BCUT2D eigenvalue weighted by Gasteiger charge is -2.20. The third kappa shape index (κ3) is 8.12. The number of carboxylic acids is 1. The Morgan fingerprint density at radius 1 is 0.897 bits per heavy atom. The number of allylic oxidation sites excluding steroid dienone is 1. The van der Waals surface area contributed by atoms with Crippen LogP contribution in [0.25, 0.3) is 11.1 Å². The average molecular weight is 531 g/mol. The van der Waals surface area contributed by atoms with Crippen molar-refractivity contribution in [1.82, 2.24) is 0 Å². The number of aromatic carboxylic acids is 1. The van der Waals surface area contributed by atoms with Gasteiger partial charge in [0.2, 0.25) is 0 Å². The lowest BCUT2D eigenvalue weighted by atomic mass is 9.95. The number of carbonyl (C=O) groups excluding carboxylic acids is 2. The van der Waals surface area contributed by atoms with Crippen molar-refractivity contribution in [2.75, 3.05) is 13.2 Å². The van der Waals surface area contributed by atoms with Gasteiger partial charge in [-0.1, -0.05) is 68.5 Å². The molecule has 0 radical (unpaired) electrons. The maximum atomic E-state index is 13.5. The van der Waals surface area contributed by atoms with E-state index in [1.165, 1.54) is 6.07 Å². The summed E-state index contributed by atoms with van der Waals surface area (Å²) in [5.74, 6) is -1.33. The number of aliphatic hydroxyl groups excluding tert-OH is 1. The molecule has 0 bridgehead atoms. The van der Waals surface area contributed by atoms with Gasteiger partial charge in [0.15, 0.2) is 5.78 Å². The number of rotatable bonds is 15. The quantitative estimate of drug-likeness (QED) is 0.172. The summed E-state index contributed by atoms with van der Waals surface area (Å²) in [6.45, 7) is 5.93. The highest BCUT2D eigenvalue weighted by atomic mass is 16.5. The molecule has 0 aliphatic carbocycles. The molecule has 0 amide bonds. The fourth-order valence-electron chi connectivity index (χ4n) is 4.22. The van der Waals surface area contributed by atoms with E-state index in [9.17, 15) is 19.5 Å². The number of hydrogen-bond donors (Lipinski definition) is 2. The second-order valence-electron chi connectivity index (χ2n) is 9.10. The number of hydrogen-bond acceptors (Lipinski definition) is 6. The lowest BCUT2D eigenvalue weighted by Crippen LogP contribution is -2.15. The third-order valence-corrected chi connectivity index (χ3v) is 6.29. The van der Waals surface area contributed by atoms with Crippen LogP contribution < -0.4 is 4.74 Å². The molecule has 0 unspecified atom stereocenters. The Hall–Kier alpha value is -4.23. The predicted molar refractivity (Wildman–Crippen MR) is 149 cm³/mol. The minimum absolute atomic E-state index is 0.0687. The molecule has 0 heterocycles. The van der Waals surface area contributed by atoms with E-state index in [2.05, 4.69) is 6.58 Å². The van der Waals surface area contributed by atoms with E-state index in [4.69, 9.17) is 14.6 Å². The first-order chi connectivity index (χ1) is 18.8. The van der Waals surface area contributed by atoms with E-state index in [1.54, 1.807) is 66.7 Å². The van der Waals surface area contributed by atoms with Gasteiger partial charge in [-0.25, -0.2) is 9.59 Å². The first kappa shape index (κ1) is 29.3. The molecule has 0 fully saturated rings. The molecule has 7 heteroatoms. The normalized spacial score (nSPS) is 11.4. The Balaban J connectivity index is 1.91. The van der Waals surface area contributed by atoms with Crippen LogP contribution in [-0.4, -0.2) is 41.1 Å². The summed E-state index contributed by atoms with van der Waals surface area (Å²) in [5.41, 5.74) is 2.30. The maximum Gasteiger partial charge on any atom is 0.339 e. The topological polar surface area (TPSA) is 110 Å². The van der Waals surface area contributed by atoms with Crippen molar-refractivity contribution in [3.63, 3.8) is 0 Å². The zero-order valence-corrected chi connectivity index (χ0v) is 22.1.